The Kier molecular flexibility index (Phi) is 5.26. The van der Waals surface area contributed by atoms with Crippen molar-refractivity contribution in [2.45, 2.75) is 19.6 Å². The number of ether oxygens (including phenoxy) is 1. The lowest BCUT2D eigenvalue weighted by Crippen LogP contribution is -2.18. The minimum atomic E-state index is -0.494. The number of nitrogens with zero attached hydrogens (tertiary/aromatic N) is 1. The number of methoxy groups -OCH3 is 1. The lowest BCUT2D eigenvalue weighted by Gasteiger charge is -2.24. The van der Waals surface area contributed by atoms with Crippen LogP contribution in [0.3, 0.4) is 0 Å². The molecular formula is C17H20BrNO2. The van der Waals surface area contributed by atoms with Crippen molar-refractivity contribution in [3.63, 3.8) is 0 Å². The Balaban J connectivity index is 2.22. The smallest absolute Gasteiger partial charge is 0.118 e. The molecule has 0 aromatic heterocycles. The van der Waals surface area contributed by atoms with Crippen LogP contribution < -0.4 is 9.64 Å². The summed E-state index contributed by atoms with van der Waals surface area (Å²) in [5.74, 6) is 0.855. The van der Waals surface area contributed by atoms with E-state index in [1.807, 2.05) is 37.4 Å². The van der Waals surface area contributed by atoms with E-state index in [2.05, 4.69) is 33.0 Å². The van der Waals surface area contributed by atoms with E-state index >= 15 is 0 Å². The highest BCUT2D eigenvalue weighted by Gasteiger charge is 2.12. The van der Waals surface area contributed by atoms with Crippen molar-refractivity contribution in [1.82, 2.24) is 0 Å². The van der Waals surface area contributed by atoms with Crippen LogP contribution in [0, 0.1) is 0 Å². The Morgan fingerprint density at radius 1 is 1.19 bits per heavy atom. The Hall–Kier alpha value is -1.52. The molecule has 2 rings (SSSR count). The van der Waals surface area contributed by atoms with E-state index in [0.717, 1.165) is 28.0 Å². The summed E-state index contributed by atoms with van der Waals surface area (Å²) in [5, 5.41) is 9.92. The summed E-state index contributed by atoms with van der Waals surface area (Å²) >= 11 is 3.49. The maximum absolute atomic E-state index is 9.92. The van der Waals surface area contributed by atoms with Gasteiger partial charge in [0, 0.05) is 29.3 Å². The van der Waals surface area contributed by atoms with Gasteiger partial charge in [-0.1, -0.05) is 34.1 Å². The molecule has 0 saturated heterocycles. The number of halogens is 1. The summed E-state index contributed by atoms with van der Waals surface area (Å²) in [4.78, 5) is 2.13. The van der Waals surface area contributed by atoms with Crippen molar-refractivity contribution in [1.29, 1.82) is 0 Å². The van der Waals surface area contributed by atoms with Crippen molar-refractivity contribution in [3.05, 3.63) is 58.1 Å². The number of benzene rings is 2. The largest absolute Gasteiger partial charge is 0.497 e. The van der Waals surface area contributed by atoms with E-state index in [4.69, 9.17) is 4.74 Å². The summed E-state index contributed by atoms with van der Waals surface area (Å²) in [5.41, 5.74) is 3.14. The van der Waals surface area contributed by atoms with Crippen LogP contribution in [0.2, 0.25) is 0 Å². The molecule has 0 fully saturated rings. The van der Waals surface area contributed by atoms with Gasteiger partial charge in [-0.05, 0) is 36.8 Å². The van der Waals surface area contributed by atoms with Crippen molar-refractivity contribution in [3.8, 4) is 5.75 Å². The summed E-state index contributed by atoms with van der Waals surface area (Å²) in [7, 11) is 3.69. The normalized spacial score (nSPS) is 12.0. The standard InChI is InChI=1S/C17H20BrNO2/c1-12(20)16-9-6-14(18)10-17(16)19(2)11-13-4-7-15(21-3)8-5-13/h4-10,12,20H,11H2,1-3H3. The molecule has 2 aromatic carbocycles. The first kappa shape index (κ1) is 15.9. The van der Waals surface area contributed by atoms with Gasteiger partial charge in [0.1, 0.15) is 5.75 Å². The predicted molar refractivity (Wildman–Crippen MR) is 89.9 cm³/mol. The fraction of sp³-hybridized carbons (Fsp3) is 0.294. The zero-order chi connectivity index (χ0) is 15.4. The maximum Gasteiger partial charge on any atom is 0.118 e. The molecular weight excluding hydrogens is 330 g/mol. The quantitative estimate of drug-likeness (QED) is 0.880. The van der Waals surface area contributed by atoms with Crippen LogP contribution in [0.5, 0.6) is 5.75 Å². The van der Waals surface area contributed by atoms with Crippen LogP contribution in [-0.4, -0.2) is 19.3 Å². The molecule has 3 nitrogen and oxygen atoms in total. The van der Waals surface area contributed by atoms with Gasteiger partial charge in [0.25, 0.3) is 0 Å². The number of aliphatic hydroxyl groups is 1. The van der Waals surface area contributed by atoms with Gasteiger partial charge in [-0.25, -0.2) is 0 Å². The molecule has 1 N–H and O–H groups in total. The summed E-state index contributed by atoms with van der Waals surface area (Å²) in [6, 6.07) is 14.0. The van der Waals surface area contributed by atoms with Crippen molar-refractivity contribution < 1.29 is 9.84 Å². The maximum atomic E-state index is 9.92. The number of anilines is 1. The summed E-state index contributed by atoms with van der Waals surface area (Å²) in [6.45, 7) is 2.55. The second kappa shape index (κ2) is 6.96. The molecule has 0 heterocycles. The van der Waals surface area contributed by atoms with Gasteiger partial charge in [0.2, 0.25) is 0 Å². The molecule has 0 amide bonds. The molecule has 0 aliphatic heterocycles. The predicted octanol–water partition coefficient (Wildman–Crippen LogP) is 4.15. The second-order valence-electron chi connectivity index (χ2n) is 5.08. The number of aliphatic hydroxyl groups excluding tert-OH is 1. The highest BCUT2D eigenvalue weighted by atomic mass is 79.9. The number of rotatable bonds is 5. The summed E-state index contributed by atoms with van der Waals surface area (Å²) in [6.07, 6.45) is -0.494. The van der Waals surface area contributed by atoms with Gasteiger partial charge in [-0.15, -0.1) is 0 Å². The van der Waals surface area contributed by atoms with E-state index in [1.54, 1.807) is 14.0 Å². The molecule has 112 valence electrons. The van der Waals surface area contributed by atoms with Crippen molar-refractivity contribution in [2.75, 3.05) is 19.1 Å². The molecule has 0 saturated carbocycles. The van der Waals surface area contributed by atoms with E-state index in [-0.39, 0.29) is 0 Å². The molecule has 1 unspecified atom stereocenters. The van der Waals surface area contributed by atoms with Crippen LogP contribution in [-0.2, 0) is 6.54 Å². The molecule has 21 heavy (non-hydrogen) atoms. The molecule has 0 radical (unpaired) electrons. The highest BCUT2D eigenvalue weighted by Crippen LogP contribution is 2.30. The third kappa shape index (κ3) is 3.99. The van der Waals surface area contributed by atoms with Crippen LogP contribution in [0.25, 0.3) is 0 Å². The Bertz CT molecular complexity index is 596. The van der Waals surface area contributed by atoms with Gasteiger partial charge in [0.05, 0.1) is 13.2 Å². The third-order valence-electron chi connectivity index (χ3n) is 3.43. The molecule has 0 aliphatic rings. The fourth-order valence-electron chi connectivity index (χ4n) is 2.29. The van der Waals surface area contributed by atoms with E-state index in [1.165, 1.54) is 5.56 Å². The molecule has 2 aromatic rings. The average molecular weight is 350 g/mol. The Morgan fingerprint density at radius 3 is 2.43 bits per heavy atom. The SMILES string of the molecule is COc1ccc(CN(C)c2cc(Br)ccc2C(C)O)cc1. The second-order valence-corrected chi connectivity index (χ2v) is 6.00. The lowest BCUT2D eigenvalue weighted by molar-refractivity contribution is 0.199. The third-order valence-corrected chi connectivity index (χ3v) is 3.93. The van der Waals surface area contributed by atoms with Crippen LogP contribution >= 0.6 is 15.9 Å². The first-order chi connectivity index (χ1) is 10.0. The number of hydrogen-bond donors (Lipinski definition) is 1. The van der Waals surface area contributed by atoms with Crippen LogP contribution in [0.1, 0.15) is 24.2 Å². The zero-order valence-corrected chi connectivity index (χ0v) is 14.1. The van der Waals surface area contributed by atoms with Crippen molar-refractivity contribution in [2.24, 2.45) is 0 Å². The number of hydrogen-bond acceptors (Lipinski definition) is 3. The van der Waals surface area contributed by atoms with Crippen molar-refractivity contribution >= 4 is 21.6 Å². The molecule has 0 bridgehead atoms. The topological polar surface area (TPSA) is 32.7 Å². The van der Waals surface area contributed by atoms with E-state index < -0.39 is 6.10 Å². The van der Waals surface area contributed by atoms with E-state index in [0.29, 0.717) is 0 Å². The molecule has 0 aliphatic carbocycles. The zero-order valence-electron chi connectivity index (χ0n) is 12.5. The average Bonchev–Trinajstić information content (AvgIpc) is 2.47. The Morgan fingerprint density at radius 2 is 1.86 bits per heavy atom. The van der Waals surface area contributed by atoms with Gasteiger partial charge in [-0.3, -0.25) is 0 Å². The first-order valence-electron chi connectivity index (χ1n) is 6.83. The fourth-order valence-corrected chi connectivity index (χ4v) is 2.64. The molecule has 1 atom stereocenters. The van der Waals surface area contributed by atoms with Gasteiger partial charge in [0.15, 0.2) is 0 Å². The van der Waals surface area contributed by atoms with Gasteiger partial charge >= 0.3 is 0 Å². The minimum absolute atomic E-state index is 0.494. The van der Waals surface area contributed by atoms with Gasteiger partial charge in [-0.2, -0.15) is 0 Å². The summed E-state index contributed by atoms with van der Waals surface area (Å²) < 4.78 is 6.18. The lowest BCUT2D eigenvalue weighted by atomic mass is 10.1. The van der Waals surface area contributed by atoms with Gasteiger partial charge < -0.3 is 14.7 Å². The van der Waals surface area contributed by atoms with E-state index in [9.17, 15) is 5.11 Å². The monoisotopic (exact) mass is 349 g/mol. The first-order valence-corrected chi connectivity index (χ1v) is 7.62. The molecule has 4 heteroatoms. The van der Waals surface area contributed by atoms with Crippen LogP contribution in [0.15, 0.2) is 46.9 Å². The molecule has 0 spiro atoms. The Labute approximate surface area is 134 Å². The van der Waals surface area contributed by atoms with Crippen LogP contribution in [0.4, 0.5) is 5.69 Å². The highest BCUT2D eigenvalue weighted by molar-refractivity contribution is 9.10. The minimum Gasteiger partial charge on any atom is -0.497 e.